The van der Waals surface area contributed by atoms with Crippen LogP contribution in [0, 0.1) is 0 Å². The molecular formula is C15H11BrClNO3. The molecule has 0 saturated heterocycles. The average Bonchev–Trinajstić information content (AvgIpc) is 2.47. The molecule has 2 rings (SSSR count). The third kappa shape index (κ3) is 4.88. The van der Waals surface area contributed by atoms with Gasteiger partial charge in [0.15, 0.2) is 6.61 Å². The van der Waals surface area contributed by atoms with Gasteiger partial charge in [0.2, 0.25) is 0 Å². The first-order chi connectivity index (χ1) is 10.0. The number of amides is 1. The number of rotatable bonds is 4. The number of hydrogen-bond donors (Lipinski definition) is 1. The molecule has 0 saturated carbocycles. The Morgan fingerprint density at radius 1 is 1.14 bits per heavy atom. The van der Waals surface area contributed by atoms with Gasteiger partial charge >= 0.3 is 5.97 Å². The van der Waals surface area contributed by atoms with Gasteiger partial charge in [-0.15, -0.1) is 0 Å². The first-order valence-corrected chi connectivity index (χ1v) is 7.20. The number of carbonyl (C=O) groups is 2. The fraction of sp³-hybridized carbons (Fsp3) is 0.0667. The Kier molecular flexibility index (Phi) is 5.36. The molecule has 0 aromatic heterocycles. The van der Waals surface area contributed by atoms with Gasteiger partial charge in [0.1, 0.15) is 0 Å². The van der Waals surface area contributed by atoms with Crippen LogP contribution in [-0.4, -0.2) is 18.5 Å². The maximum absolute atomic E-state index is 11.7. The summed E-state index contributed by atoms with van der Waals surface area (Å²) >= 11 is 9.08. The standard InChI is InChI=1S/C15H11BrClNO3/c16-11-4-6-13(7-5-11)18-14(19)9-21-15(20)10-2-1-3-12(17)8-10/h1-8H,9H2,(H,18,19). The van der Waals surface area contributed by atoms with Gasteiger partial charge in [-0.3, -0.25) is 4.79 Å². The van der Waals surface area contributed by atoms with Crippen LogP contribution < -0.4 is 5.32 Å². The molecule has 0 aliphatic heterocycles. The van der Waals surface area contributed by atoms with Crippen LogP contribution in [0.5, 0.6) is 0 Å². The molecule has 0 unspecified atom stereocenters. The number of carbonyl (C=O) groups excluding carboxylic acids is 2. The second kappa shape index (κ2) is 7.24. The highest BCUT2D eigenvalue weighted by Crippen LogP contribution is 2.14. The number of nitrogens with one attached hydrogen (secondary N) is 1. The molecule has 1 amide bonds. The molecule has 0 aliphatic carbocycles. The van der Waals surface area contributed by atoms with Gasteiger partial charge in [0, 0.05) is 15.2 Å². The summed E-state index contributed by atoms with van der Waals surface area (Å²) in [6.07, 6.45) is 0. The van der Waals surface area contributed by atoms with Crippen molar-refractivity contribution in [2.75, 3.05) is 11.9 Å². The number of benzene rings is 2. The first kappa shape index (κ1) is 15.5. The van der Waals surface area contributed by atoms with Gasteiger partial charge in [-0.25, -0.2) is 4.79 Å². The normalized spacial score (nSPS) is 10.0. The highest BCUT2D eigenvalue weighted by Gasteiger charge is 2.10. The molecule has 108 valence electrons. The molecule has 0 atom stereocenters. The molecule has 21 heavy (non-hydrogen) atoms. The van der Waals surface area contributed by atoms with Gasteiger partial charge in [-0.1, -0.05) is 33.6 Å². The molecular weight excluding hydrogens is 358 g/mol. The van der Waals surface area contributed by atoms with Crippen molar-refractivity contribution in [1.82, 2.24) is 0 Å². The largest absolute Gasteiger partial charge is 0.452 e. The molecule has 4 nitrogen and oxygen atoms in total. The zero-order valence-electron chi connectivity index (χ0n) is 10.8. The molecule has 0 heterocycles. The van der Waals surface area contributed by atoms with E-state index in [0.29, 0.717) is 16.3 Å². The summed E-state index contributed by atoms with van der Waals surface area (Å²) in [7, 11) is 0. The third-order valence-corrected chi connectivity index (χ3v) is 3.29. The quantitative estimate of drug-likeness (QED) is 0.833. The minimum Gasteiger partial charge on any atom is -0.452 e. The summed E-state index contributed by atoms with van der Waals surface area (Å²) < 4.78 is 5.83. The lowest BCUT2D eigenvalue weighted by atomic mass is 10.2. The average molecular weight is 369 g/mol. The van der Waals surface area contributed by atoms with Crippen molar-refractivity contribution < 1.29 is 14.3 Å². The zero-order chi connectivity index (χ0) is 15.2. The number of anilines is 1. The molecule has 2 aromatic carbocycles. The van der Waals surface area contributed by atoms with Crippen LogP contribution in [0.3, 0.4) is 0 Å². The van der Waals surface area contributed by atoms with E-state index in [0.717, 1.165) is 4.47 Å². The Morgan fingerprint density at radius 3 is 2.52 bits per heavy atom. The van der Waals surface area contributed by atoms with Gasteiger partial charge in [-0.2, -0.15) is 0 Å². The molecule has 2 aromatic rings. The second-order valence-corrected chi connectivity index (χ2v) is 5.49. The van der Waals surface area contributed by atoms with Crippen LogP contribution in [-0.2, 0) is 9.53 Å². The number of halogens is 2. The number of ether oxygens (including phenoxy) is 1. The highest BCUT2D eigenvalue weighted by atomic mass is 79.9. The number of esters is 1. The summed E-state index contributed by atoms with van der Waals surface area (Å²) in [6, 6.07) is 13.4. The van der Waals surface area contributed by atoms with Crippen molar-refractivity contribution in [2.45, 2.75) is 0 Å². The summed E-state index contributed by atoms with van der Waals surface area (Å²) in [5.41, 5.74) is 0.931. The third-order valence-electron chi connectivity index (χ3n) is 2.52. The van der Waals surface area contributed by atoms with Crippen molar-refractivity contribution in [3.63, 3.8) is 0 Å². The summed E-state index contributed by atoms with van der Waals surface area (Å²) in [5.74, 6) is -1.00. The Hall–Kier alpha value is -1.85. The Morgan fingerprint density at radius 2 is 1.86 bits per heavy atom. The van der Waals surface area contributed by atoms with E-state index in [1.54, 1.807) is 42.5 Å². The lowest BCUT2D eigenvalue weighted by Crippen LogP contribution is -2.20. The van der Waals surface area contributed by atoms with Crippen molar-refractivity contribution in [3.05, 3.63) is 63.6 Å². The minimum absolute atomic E-state index is 0.305. The van der Waals surface area contributed by atoms with Gasteiger partial charge in [0.25, 0.3) is 5.91 Å². The van der Waals surface area contributed by atoms with E-state index in [9.17, 15) is 9.59 Å². The van der Waals surface area contributed by atoms with Crippen molar-refractivity contribution in [2.24, 2.45) is 0 Å². The predicted molar refractivity (Wildman–Crippen MR) is 84.5 cm³/mol. The SMILES string of the molecule is O=C(COC(=O)c1cccc(Cl)c1)Nc1ccc(Br)cc1. The van der Waals surface area contributed by atoms with Crippen molar-refractivity contribution in [1.29, 1.82) is 0 Å². The summed E-state index contributed by atoms with van der Waals surface area (Å²) in [4.78, 5) is 23.4. The molecule has 6 heteroatoms. The maximum atomic E-state index is 11.7. The van der Waals surface area contributed by atoms with E-state index in [1.807, 2.05) is 0 Å². The van der Waals surface area contributed by atoms with E-state index < -0.39 is 11.9 Å². The van der Waals surface area contributed by atoms with Crippen LogP contribution in [0.2, 0.25) is 5.02 Å². The first-order valence-electron chi connectivity index (χ1n) is 6.03. The van der Waals surface area contributed by atoms with Crippen molar-refractivity contribution in [3.8, 4) is 0 Å². The van der Waals surface area contributed by atoms with Crippen LogP contribution in [0.25, 0.3) is 0 Å². The van der Waals surface area contributed by atoms with Gasteiger partial charge < -0.3 is 10.1 Å². The molecule has 0 fully saturated rings. The van der Waals surface area contributed by atoms with Crippen LogP contribution in [0.1, 0.15) is 10.4 Å². The zero-order valence-corrected chi connectivity index (χ0v) is 13.1. The van der Waals surface area contributed by atoms with E-state index in [-0.39, 0.29) is 6.61 Å². The molecule has 0 radical (unpaired) electrons. The van der Waals surface area contributed by atoms with E-state index >= 15 is 0 Å². The van der Waals surface area contributed by atoms with Crippen LogP contribution >= 0.6 is 27.5 Å². The topological polar surface area (TPSA) is 55.4 Å². The van der Waals surface area contributed by atoms with Crippen LogP contribution in [0.4, 0.5) is 5.69 Å². The van der Waals surface area contributed by atoms with Crippen molar-refractivity contribution >= 4 is 45.1 Å². The van der Waals surface area contributed by atoms with E-state index in [4.69, 9.17) is 16.3 Å². The van der Waals surface area contributed by atoms with E-state index in [1.165, 1.54) is 6.07 Å². The fourth-order valence-electron chi connectivity index (χ4n) is 1.56. The highest BCUT2D eigenvalue weighted by molar-refractivity contribution is 9.10. The molecule has 0 spiro atoms. The lowest BCUT2D eigenvalue weighted by molar-refractivity contribution is -0.119. The smallest absolute Gasteiger partial charge is 0.338 e. The Labute approximate surface area is 135 Å². The van der Waals surface area contributed by atoms with E-state index in [2.05, 4.69) is 21.2 Å². The lowest BCUT2D eigenvalue weighted by Gasteiger charge is -2.07. The Balaban J connectivity index is 1.86. The summed E-state index contributed by atoms with van der Waals surface area (Å²) in [5, 5.41) is 3.06. The predicted octanol–water partition coefficient (Wildman–Crippen LogP) is 3.90. The minimum atomic E-state index is -0.594. The Bertz CT molecular complexity index is 658. The van der Waals surface area contributed by atoms with Gasteiger partial charge in [0.05, 0.1) is 5.56 Å². The molecule has 1 N–H and O–H groups in total. The monoisotopic (exact) mass is 367 g/mol. The fourth-order valence-corrected chi connectivity index (χ4v) is 2.01. The molecule has 0 aliphatic rings. The number of hydrogen-bond acceptors (Lipinski definition) is 3. The van der Waals surface area contributed by atoms with Crippen LogP contribution in [0.15, 0.2) is 53.0 Å². The van der Waals surface area contributed by atoms with Gasteiger partial charge in [-0.05, 0) is 42.5 Å². The maximum Gasteiger partial charge on any atom is 0.338 e. The molecule has 0 bridgehead atoms. The summed E-state index contributed by atoms with van der Waals surface area (Å²) in [6.45, 7) is -0.360. The second-order valence-electron chi connectivity index (χ2n) is 4.14.